The van der Waals surface area contributed by atoms with Gasteiger partial charge in [0.15, 0.2) is 0 Å². The fourth-order valence-corrected chi connectivity index (χ4v) is 1.70. The van der Waals surface area contributed by atoms with Gasteiger partial charge in [0.25, 0.3) is 0 Å². The highest BCUT2D eigenvalue weighted by Gasteiger charge is 2.15. The van der Waals surface area contributed by atoms with E-state index < -0.39 is 0 Å². The van der Waals surface area contributed by atoms with Crippen LogP contribution in [-0.2, 0) is 4.79 Å². The van der Waals surface area contributed by atoms with Crippen LogP contribution in [0.5, 0.6) is 0 Å². The SMILES string of the molecule is CC(C)CNC(=O)CN(C)CCCCC(C)(C)C#N. The molecule has 0 heterocycles. The van der Waals surface area contributed by atoms with Crippen molar-refractivity contribution >= 4 is 5.91 Å². The first-order chi connectivity index (χ1) is 8.76. The first-order valence-electron chi connectivity index (χ1n) is 7.13. The van der Waals surface area contributed by atoms with Crippen molar-refractivity contribution in [3.05, 3.63) is 0 Å². The minimum absolute atomic E-state index is 0.0913. The Bertz CT molecular complexity index is 305. The molecule has 0 bridgehead atoms. The van der Waals surface area contributed by atoms with Gasteiger partial charge in [0.1, 0.15) is 0 Å². The predicted molar refractivity (Wildman–Crippen MR) is 78.6 cm³/mol. The number of hydrogen-bond donors (Lipinski definition) is 1. The van der Waals surface area contributed by atoms with Gasteiger partial charge in [-0.15, -0.1) is 0 Å². The lowest BCUT2D eigenvalue weighted by Gasteiger charge is -2.18. The van der Waals surface area contributed by atoms with Crippen LogP contribution in [0, 0.1) is 22.7 Å². The molecule has 4 heteroatoms. The van der Waals surface area contributed by atoms with E-state index in [1.807, 2.05) is 25.8 Å². The molecule has 0 saturated heterocycles. The molecule has 0 aromatic carbocycles. The maximum atomic E-state index is 11.6. The lowest BCUT2D eigenvalue weighted by atomic mass is 9.89. The molecule has 0 aliphatic heterocycles. The zero-order valence-corrected chi connectivity index (χ0v) is 13.1. The maximum Gasteiger partial charge on any atom is 0.234 e. The van der Waals surface area contributed by atoms with E-state index >= 15 is 0 Å². The summed E-state index contributed by atoms with van der Waals surface area (Å²) in [4.78, 5) is 13.6. The minimum Gasteiger partial charge on any atom is -0.355 e. The molecule has 0 aliphatic rings. The fraction of sp³-hybridized carbons (Fsp3) is 0.867. The number of carbonyl (C=O) groups is 1. The summed E-state index contributed by atoms with van der Waals surface area (Å²) in [6, 6.07) is 2.31. The van der Waals surface area contributed by atoms with E-state index in [-0.39, 0.29) is 11.3 Å². The van der Waals surface area contributed by atoms with Crippen molar-refractivity contribution in [2.24, 2.45) is 11.3 Å². The highest BCUT2D eigenvalue weighted by Crippen LogP contribution is 2.21. The maximum absolute atomic E-state index is 11.6. The van der Waals surface area contributed by atoms with Gasteiger partial charge in [0, 0.05) is 6.54 Å². The lowest BCUT2D eigenvalue weighted by Crippen LogP contribution is -2.37. The topological polar surface area (TPSA) is 56.1 Å². The average Bonchev–Trinajstić information content (AvgIpc) is 2.32. The molecule has 0 atom stereocenters. The normalized spacial score (nSPS) is 11.7. The Kier molecular flexibility index (Phi) is 8.42. The second kappa shape index (κ2) is 8.92. The molecular weight excluding hydrogens is 238 g/mol. The third-order valence-electron chi connectivity index (χ3n) is 3.02. The highest BCUT2D eigenvalue weighted by molar-refractivity contribution is 5.77. The molecule has 1 N–H and O–H groups in total. The molecule has 110 valence electrons. The van der Waals surface area contributed by atoms with Gasteiger partial charge in [-0.1, -0.05) is 20.3 Å². The van der Waals surface area contributed by atoms with E-state index in [9.17, 15) is 4.79 Å². The van der Waals surface area contributed by atoms with Gasteiger partial charge in [0.05, 0.1) is 18.0 Å². The summed E-state index contributed by atoms with van der Waals surface area (Å²) in [7, 11) is 1.96. The summed E-state index contributed by atoms with van der Waals surface area (Å²) in [6.45, 7) is 10.2. The molecule has 19 heavy (non-hydrogen) atoms. The molecule has 0 spiro atoms. The number of nitrogens with zero attached hydrogens (tertiary/aromatic N) is 2. The number of likely N-dealkylation sites (N-methyl/N-ethyl adjacent to an activating group) is 1. The highest BCUT2D eigenvalue weighted by atomic mass is 16.2. The van der Waals surface area contributed by atoms with E-state index in [0.29, 0.717) is 12.5 Å². The molecule has 4 nitrogen and oxygen atoms in total. The number of nitriles is 1. The summed E-state index contributed by atoms with van der Waals surface area (Å²) in [5.74, 6) is 0.580. The van der Waals surface area contributed by atoms with Gasteiger partial charge < -0.3 is 5.32 Å². The largest absolute Gasteiger partial charge is 0.355 e. The first kappa shape index (κ1) is 17.9. The van der Waals surface area contributed by atoms with Gasteiger partial charge in [-0.2, -0.15) is 5.26 Å². The van der Waals surface area contributed by atoms with Crippen molar-refractivity contribution in [3.8, 4) is 6.07 Å². The molecule has 0 aromatic heterocycles. The summed E-state index contributed by atoms with van der Waals surface area (Å²) in [6.07, 6.45) is 2.97. The van der Waals surface area contributed by atoms with E-state index in [4.69, 9.17) is 5.26 Å². The Labute approximate surface area is 118 Å². The zero-order valence-electron chi connectivity index (χ0n) is 13.1. The Morgan fingerprint density at radius 1 is 1.37 bits per heavy atom. The quantitative estimate of drug-likeness (QED) is 0.653. The number of rotatable bonds is 9. The molecule has 0 aliphatic carbocycles. The Morgan fingerprint density at radius 3 is 2.53 bits per heavy atom. The number of hydrogen-bond acceptors (Lipinski definition) is 3. The van der Waals surface area contributed by atoms with Crippen molar-refractivity contribution in [2.75, 3.05) is 26.7 Å². The fourth-order valence-electron chi connectivity index (χ4n) is 1.70. The second-order valence-electron chi connectivity index (χ2n) is 6.39. The first-order valence-corrected chi connectivity index (χ1v) is 7.13. The number of carbonyl (C=O) groups excluding carboxylic acids is 1. The number of nitrogens with one attached hydrogen (secondary N) is 1. The van der Waals surface area contributed by atoms with Gasteiger partial charge in [-0.3, -0.25) is 9.69 Å². The number of unbranched alkanes of at least 4 members (excludes halogenated alkanes) is 1. The van der Waals surface area contributed by atoms with Gasteiger partial charge in [-0.25, -0.2) is 0 Å². The van der Waals surface area contributed by atoms with Crippen LogP contribution in [-0.4, -0.2) is 37.5 Å². The average molecular weight is 267 g/mol. The Balaban J connectivity index is 3.68. The predicted octanol–water partition coefficient (Wildman–Crippen LogP) is 2.41. The van der Waals surface area contributed by atoms with Crippen LogP contribution in [0.2, 0.25) is 0 Å². The van der Waals surface area contributed by atoms with Crippen molar-refractivity contribution in [2.45, 2.75) is 47.0 Å². The smallest absolute Gasteiger partial charge is 0.234 e. The summed E-state index contributed by atoms with van der Waals surface area (Å²) in [5.41, 5.74) is -0.229. The van der Waals surface area contributed by atoms with E-state index in [1.165, 1.54) is 0 Å². The van der Waals surface area contributed by atoms with E-state index in [2.05, 4.69) is 25.2 Å². The van der Waals surface area contributed by atoms with Crippen molar-refractivity contribution in [1.29, 1.82) is 5.26 Å². The van der Waals surface area contributed by atoms with Crippen molar-refractivity contribution < 1.29 is 4.79 Å². The van der Waals surface area contributed by atoms with Crippen LogP contribution in [0.1, 0.15) is 47.0 Å². The van der Waals surface area contributed by atoms with Crippen LogP contribution in [0.3, 0.4) is 0 Å². The summed E-state index contributed by atoms with van der Waals surface area (Å²) in [5, 5.41) is 11.8. The standard InChI is InChI=1S/C15H29N3O/c1-13(2)10-17-14(19)11-18(5)9-7-6-8-15(3,4)12-16/h13H,6-11H2,1-5H3,(H,17,19). The van der Waals surface area contributed by atoms with Gasteiger partial charge in [-0.05, 0) is 46.2 Å². The second-order valence-corrected chi connectivity index (χ2v) is 6.39. The molecule has 0 fully saturated rings. The van der Waals surface area contributed by atoms with Crippen LogP contribution >= 0.6 is 0 Å². The Morgan fingerprint density at radius 2 is 2.00 bits per heavy atom. The molecule has 0 saturated carbocycles. The molecular formula is C15H29N3O. The zero-order chi connectivity index (χ0) is 14.9. The van der Waals surface area contributed by atoms with Gasteiger partial charge >= 0.3 is 0 Å². The molecule has 1 amide bonds. The third kappa shape index (κ3) is 10.5. The molecule has 0 unspecified atom stereocenters. The summed E-state index contributed by atoms with van der Waals surface area (Å²) < 4.78 is 0. The van der Waals surface area contributed by atoms with Crippen LogP contribution in [0.4, 0.5) is 0 Å². The third-order valence-corrected chi connectivity index (χ3v) is 3.02. The van der Waals surface area contributed by atoms with Crippen LogP contribution < -0.4 is 5.32 Å². The van der Waals surface area contributed by atoms with Crippen molar-refractivity contribution in [3.63, 3.8) is 0 Å². The van der Waals surface area contributed by atoms with Crippen LogP contribution in [0.25, 0.3) is 0 Å². The number of amides is 1. The summed E-state index contributed by atoms with van der Waals surface area (Å²) >= 11 is 0. The van der Waals surface area contributed by atoms with Crippen LogP contribution in [0.15, 0.2) is 0 Å². The molecule has 0 radical (unpaired) electrons. The lowest BCUT2D eigenvalue weighted by molar-refractivity contribution is -0.122. The Hall–Kier alpha value is -1.08. The monoisotopic (exact) mass is 267 g/mol. The van der Waals surface area contributed by atoms with E-state index in [1.54, 1.807) is 0 Å². The van der Waals surface area contributed by atoms with Gasteiger partial charge in [0.2, 0.25) is 5.91 Å². The molecule has 0 rings (SSSR count). The minimum atomic E-state index is -0.229. The van der Waals surface area contributed by atoms with Crippen molar-refractivity contribution in [1.82, 2.24) is 10.2 Å². The molecule has 0 aromatic rings. The van der Waals surface area contributed by atoms with E-state index in [0.717, 1.165) is 32.4 Å².